The summed E-state index contributed by atoms with van der Waals surface area (Å²) in [5, 5.41) is 2.65. The lowest BCUT2D eigenvalue weighted by Gasteiger charge is -2.38. The van der Waals surface area contributed by atoms with Gasteiger partial charge in [-0.25, -0.2) is 4.39 Å². The molecule has 2 heterocycles. The van der Waals surface area contributed by atoms with Gasteiger partial charge in [-0.3, -0.25) is 19.3 Å². The molecule has 2 aliphatic heterocycles. The summed E-state index contributed by atoms with van der Waals surface area (Å²) in [6, 6.07) is 3.92. The van der Waals surface area contributed by atoms with Crippen LogP contribution in [0.4, 0.5) is 4.39 Å². The number of benzene rings is 1. The Bertz CT molecular complexity index is 643. The number of nitrogens with one attached hydrogen (secondary N) is 1. The molecule has 3 rings (SSSR count). The molecule has 1 aromatic carbocycles. The van der Waals surface area contributed by atoms with E-state index in [9.17, 15) is 18.8 Å². The number of hydrogen-bond donors (Lipinski definition) is 1. The van der Waals surface area contributed by atoms with E-state index in [0.717, 1.165) is 11.0 Å². The third kappa shape index (κ3) is 1.51. The van der Waals surface area contributed by atoms with Crippen LogP contribution in [-0.2, 0) is 4.79 Å². The third-order valence-electron chi connectivity index (χ3n) is 3.97. The number of fused-ring (bicyclic) bond motifs is 1. The second kappa shape index (κ2) is 4.13. The van der Waals surface area contributed by atoms with Gasteiger partial charge in [0, 0.05) is 6.54 Å². The van der Waals surface area contributed by atoms with Gasteiger partial charge in [0.2, 0.25) is 5.91 Å². The molecule has 0 bridgehead atoms. The molecule has 0 aliphatic carbocycles. The highest BCUT2D eigenvalue weighted by Gasteiger charge is 2.52. The van der Waals surface area contributed by atoms with Crippen molar-refractivity contribution in [3.05, 3.63) is 35.1 Å². The summed E-state index contributed by atoms with van der Waals surface area (Å²) < 4.78 is 13.8. The van der Waals surface area contributed by atoms with E-state index in [1.54, 1.807) is 6.92 Å². The first-order valence-corrected chi connectivity index (χ1v) is 6.42. The fraction of sp³-hybridized carbons (Fsp3) is 0.357. The van der Waals surface area contributed by atoms with Gasteiger partial charge in [-0.15, -0.1) is 0 Å². The highest BCUT2D eigenvalue weighted by molar-refractivity contribution is 6.23. The number of piperidine rings is 1. The molecule has 104 valence electrons. The maximum Gasteiger partial charge on any atom is 0.265 e. The van der Waals surface area contributed by atoms with Crippen molar-refractivity contribution in [3.8, 4) is 0 Å². The smallest absolute Gasteiger partial charge is 0.265 e. The highest BCUT2D eigenvalue weighted by atomic mass is 19.1. The SMILES string of the molecule is C[C@]1(N2C(=O)c3cccc(F)c3C2=O)CCCNC1=O. The fourth-order valence-electron chi connectivity index (χ4n) is 2.84. The van der Waals surface area contributed by atoms with Crippen molar-refractivity contribution in [1.82, 2.24) is 10.2 Å². The predicted octanol–water partition coefficient (Wildman–Crippen LogP) is 1.09. The number of hydrogen-bond acceptors (Lipinski definition) is 3. The molecule has 0 spiro atoms. The zero-order chi connectivity index (χ0) is 14.5. The van der Waals surface area contributed by atoms with Crippen molar-refractivity contribution < 1.29 is 18.8 Å². The molecular formula is C14H13FN2O3. The Balaban J connectivity index is 2.10. The van der Waals surface area contributed by atoms with Gasteiger partial charge in [0.1, 0.15) is 11.4 Å². The number of carbonyl (C=O) groups excluding carboxylic acids is 3. The Morgan fingerprint density at radius 2 is 2.00 bits per heavy atom. The summed E-state index contributed by atoms with van der Waals surface area (Å²) in [4.78, 5) is 37.7. The second-order valence-corrected chi connectivity index (χ2v) is 5.24. The van der Waals surface area contributed by atoms with Crippen molar-refractivity contribution in [3.63, 3.8) is 0 Å². The minimum atomic E-state index is -1.25. The van der Waals surface area contributed by atoms with Gasteiger partial charge in [0.05, 0.1) is 11.1 Å². The summed E-state index contributed by atoms with van der Waals surface area (Å²) in [6.07, 6.45) is 1.05. The molecule has 6 heteroatoms. The van der Waals surface area contributed by atoms with Crippen LogP contribution >= 0.6 is 0 Å². The van der Waals surface area contributed by atoms with E-state index in [2.05, 4.69) is 5.32 Å². The van der Waals surface area contributed by atoms with Crippen molar-refractivity contribution in [2.45, 2.75) is 25.3 Å². The van der Waals surface area contributed by atoms with Gasteiger partial charge >= 0.3 is 0 Å². The van der Waals surface area contributed by atoms with E-state index >= 15 is 0 Å². The predicted molar refractivity (Wildman–Crippen MR) is 67.5 cm³/mol. The molecule has 1 atom stereocenters. The largest absolute Gasteiger partial charge is 0.354 e. The van der Waals surface area contributed by atoms with Gasteiger partial charge in [-0.05, 0) is 31.9 Å². The maximum absolute atomic E-state index is 13.8. The van der Waals surface area contributed by atoms with E-state index < -0.39 is 23.2 Å². The van der Waals surface area contributed by atoms with Crippen LogP contribution in [0.1, 0.15) is 40.5 Å². The van der Waals surface area contributed by atoms with Crippen molar-refractivity contribution in [2.24, 2.45) is 0 Å². The normalized spacial score (nSPS) is 25.7. The molecule has 5 nitrogen and oxygen atoms in total. The molecule has 3 amide bonds. The molecule has 2 aliphatic rings. The van der Waals surface area contributed by atoms with Crippen LogP contribution in [0.3, 0.4) is 0 Å². The molecule has 1 saturated heterocycles. The molecule has 0 radical (unpaired) electrons. The monoisotopic (exact) mass is 276 g/mol. The maximum atomic E-state index is 13.8. The topological polar surface area (TPSA) is 66.5 Å². The number of imide groups is 1. The molecular weight excluding hydrogens is 263 g/mol. The molecule has 1 N–H and O–H groups in total. The Hall–Kier alpha value is -2.24. The number of rotatable bonds is 1. The van der Waals surface area contributed by atoms with Crippen LogP contribution in [0, 0.1) is 5.82 Å². The van der Waals surface area contributed by atoms with Crippen molar-refractivity contribution >= 4 is 17.7 Å². The minimum Gasteiger partial charge on any atom is -0.354 e. The van der Waals surface area contributed by atoms with Crippen LogP contribution in [0.25, 0.3) is 0 Å². The lowest BCUT2D eigenvalue weighted by molar-refractivity contribution is -0.132. The molecule has 0 saturated carbocycles. The summed E-state index contributed by atoms with van der Waals surface area (Å²) in [7, 11) is 0. The van der Waals surface area contributed by atoms with Crippen LogP contribution in [0.5, 0.6) is 0 Å². The Morgan fingerprint density at radius 3 is 2.65 bits per heavy atom. The first-order chi connectivity index (χ1) is 9.47. The Morgan fingerprint density at radius 1 is 1.25 bits per heavy atom. The minimum absolute atomic E-state index is 0.0228. The van der Waals surface area contributed by atoms with Gasteiger partial charge in [0.25, 0.3) is 11.8 Å². The lowest BCUT2D eigenvalue weighted by Crippen LogP contribution is -2.61. The molecule has 0 unspecified atom stereocenters. The average Bonchev–Trinajstić information content (AvgIpc) is 2.67. The average molecular weight is 276 g/mol. The quantitative estimate of drug-likeness (QED) is 0.781. The van der Waals surface area contributed by atoms with Gasteiger partial charge in [-0.1, -0.05) is 6.07 Å². The summed E-state index contributed by atoms with van der Waals surface area (Å²) in [5.41, 5.74) is -1.47. The summed E-state index contributed by atoms with van der Waals surface area (Å²) >= 11 is 0. The highest BCUT2D eigenvalue weighted by Crippen LogP contribution is 2.34. The first kappa shape index (κ1) is 12.8. The zero-order valence-corrected chi connectivity index (χ0v) is 10.9. The summed E-state index contributed by atoms with van der Waals surface area (Å²) in [6.45, 7) is 2.06. The van der Waals surface area contributed by atoms with Gasteiger partial charge in [0.15, 0.2) is 0 Å². The Kier molecular flexibility index (Phi) is 2.64. The van der Waals surface area contributed by atoms with E-state index in [0.29, 0.717) is 19.4 Å². The summed E-state index contributed by atoms with van der Waals surface area (Å²) in [5.74, 6) is -2.45. The molecule has 1 fully saturated rings. The van der Waals surface area contributed by atoms with Crippen molar-refractivity contribution in [1.29, 1.82) is 0 Å². The van der Waals surface area contributed by atoms with Crippen LogP contribution < -0.4 is 5.32 Å². The van der Waals surface area contributed by atoms with Gasteiger partial charge < -0.3 is 5.32 Å². The van der Waals surface area contributed by atoms with Crippen LogP contribution in [-0.4, -0.2) is 34.7 Å². The molecule has 20 heavy (non-hydrogen) atoms. The van der Waals surface area contributed by atoms with E-state index in [1.165, 1.54) is 12.1 Å². The van der Waals surface area contributed by atoms with Gasteiger partial charge in [-0.2, -0.15) is 0 Å². The van der Waals surface area contributed by atoms with E-state index in [1.807, 2.05) is 0 Å². The molecule has 1 aromatic rings. The fourth-order valence-corrected chi connectivity index (χ4v) is 2.84. The second-order valence-electron chi connectivity index (χ2n) is 5.24. The lowest BCUT2D eigenvalue weighted by atomic mass is 9.89. The van der Waals surface area contributed by atoms with Crippen molar-refractivity contribution in [2.75, 3.05) is 6.54 Å². The third-order valence-corrected chi connectivity index (χ3v) is 3.97. The standard InChI is InChI=1S/C14H13FN2O3/c1-14(6-3-7-16-13(14)20)17-11(18)8-4-2-5-9(15)10(8)12(17)19/h2,4-5H,3,6-7H2,1H3,(H,16,20)/t14-/m0/s1. The molecule has 0 aromatic heterocycles. The Labute approximate surface area is 114 Å². The first-order valence-electron chi connectivity index (χ1n) is 6.42. The van der Waals surface area contributed by atoms with Crippen LogP contribution in [0.15, 0.2) is 18.2 Å². The number of halogens is 1. The van der Waals surface area contributed by atoms with E-state index in [-0.39, 0.29) is 17.0 Å². The number of nitrogens with zero attached hydrogens (tertiary/aromatic N) is 1. The number of amides is 3. The van der Waals surface area contributed by atoms with E-state index in [4.69, 9.17) is 0 Å². The van der Waals surface area contributed by atoms with Crippen LogP contribution in [0.2, 0.25) is 0 Å². The zero-order valence-electron chi connectivity index (χ0n) is 10.9. The number of carbonyl (C=O) groups is 3.